The molecular weight excluding hydrogens is 468 g/mol. The minimum absolute atomic E-state index is 0.354. The van der Waals surface area contributed by atoms with Crippen molar-refractivity contribution in [2.75, 3.05) is 19.5 Å². The van der Waals surface area contributed by atoms with Crippen LogP contribution in [-0.2, 0) is 9.53 Å². The first-order chi connectivity index (χ1) is 15.6. The van der Waals surface area contributed by atoms with Crippen LogP contribution < -0.4 is 10.1 Å². The van der Waals surface area contributed by atoms with Gasteiger partial charge in [-0.2, -0.15) is 0 Å². The molecule has 1 unspecified atom stereocenters. The van der Waals surface area contributed by atoms with E-state index in [1.165, 1.54) is 7.11 Å². The maximum Gasteiger partial charge on any atom is 0.336 e. The van der Waals surface area contributed by atoms with E-state index in [9.17, 15) is 4.79 Å². The molecule has 2 N–H and O–H groups in total. The summed E-state index contributed by atoms with van der Waals surface area (Å²) in [5.74, 6) is -0.00354. The highest BCUT2D eigenvalue weighted by Gasteiger charge is 2.28. The number of hydrogen-bond acceptors (Lipinski definition) is 4. The maximum atomic E-state index is 13.0. The molecule has 0 aliphatic heterocycles. The molecule has 6 heteroatoms. The van der Waals surface area contributed by atoms with Gasteiger partial charge in [0.25, 0.3) is 0 Å². The number of halogens is 1. The number of nitrogens with one attached hydrogen (secondary N) is 2. The number of benzene rings is 3. The number of carbonyl (C=O) groups excluding carboxylic acids is 1. The Kier molecular flexibility index (Phi) is 6.61. The van der Waals surface area contributed by atoms with Crippen molar-refractivity contribution in [3.8, 4) is 5.75 Å². The van der Waals surface area contributed by atoms with Gasteiger partial charge in [0.2, 0.25) is 0 Å². The van der Waals surface area contributed by atoms with Crippen LogP contribution >= 0.6 is 15.9 Å². The minimum Gasteiger partial charge on any atom is -0.497 e. The van der Waals surface area contributed by atoms with Gasteiger partial charge in [-0.15, -0.1) is 0 Å². The maximum absolute atomic E-state index is 13.0. The Labute approximate surface area is 195 Å². The van der Waals surface area contributed by atoms with Gasteiger partial charge in [0.05, 0.1) is 19.8 Å². The molecule has 1 aromatic heterocycles. The Morgan fingerprint density at radius 3 is 2.41 bits per heavy atom. The van der Waals surface area contributed by atoms with Crippen LogP contribution in [0.5, 0.6) is 5.75 Å². The number of anilines is 1. The van der Waals surface area contributed by atoms with Gasteiger partial charge in [0.15, 0.2) is 0 Å². The molecule has 4 aromatic rings. The number of hydrogen-bond donors (Lipinski definition) is 2. The smallest absolute Gasteiger partial charge is 0.336 e. The fourth-order valence-corrected chi connectivity index (χ4v) is 4.01. The Hall–Kier alpha value is -3.51. The molecule has 3 aromatic carbocycles. The van der Waals surface area contributed by atoms with E-state index in [1.54, 1.807) is 13.3 Å². The molecule has 0 aliphatic carbocycles. The molecule has 4 rings (SSSR count). The second-order valence-electron chi connectivity index (χ2n) is 7.24. The first-order valence-corrected chi connectivity index (χ1v) is 10.9. The number of fused-ring (bicyclic) bond motifs is 1. The van der Waals surface area contributed by atoms with Crippen LogP contribution in [-0.4, -0.2) is 25.2 Å². The third kappa shape index (κ3) is 4.55. The lowest BCUT2D eigenvalue weighted by atomic mass is 9.84. The van der Waals surface area contributed by atoms with Gasteiger partial charge in [-0.3, -0.25) is 0 Å². The predicted molar refractivity (Wildman–Crippen MR) is 131 cm³/mol. The summed E-state index contributed by atoms with van der Waals surface area (Å²) in [4.78, 5) is 16.3. The summed E-state index contributed by atoms with van der Waals surface area (Å²) in [5, 5.41) is 4.30. The Balaban J connectivity index is 1.85. The van der Waals surface area contributed by atoms with Gasteiger partial charge in [0.1, 0.15) is 5.75 Å². The van der Waals surface area contributed by atoms with Gasteiger partial charge in [-0.25, -0.2) is 4.79 Å². The molecule has 0 bridgehead atoms. The minimum atomic E-state index is -0.402. The molecule has 0 fully saturated rings. The van der Waals surface area contributed by atoms with Crippen molar-refractivity contribution >= 4 is 38.5 Å². The van der Waals surface area contributed by atoms with E-state index in [-0.39, 0.29) is 5.92 Å². The summed E-state index contributed by atoms with van der Waals surface area (Å²) in [7, 11) is 3.03. The van der Waals surface area contributed by atoms with Gasteiger partial charge in [-0.05, 0) is 53.6 Å². The molecule has 0 aliphatic rings. The standard InChI is InChI=1S/C26H23BrN2O3/c1-31-20-13-7-17(8-14-20)25(22-15-29-24-6-4-3-5-21(22)24)23(26(30)32-2)16-28-19-11-9-18(27)10-12-19/h3-16,25,28-29H,1-2H3/b23-16-. The highest BCUT2D eigenvalue weighted by molar-refractivity contribution is 9.10. The van der Waals surface area contributed by atoms with E-state index >= 15 is 0 Å². The normalized spacial score (nSPS) is 12.4. The third-order valence-corrected chi connectivity index (χ3v) is 5.88. The van der Waals surface area contributed by atoms with Crippen molar-refractivity contribution in [2.45, 2.75) is 5.92 Å². The molecule has 0 radical (unpaired) electrons. The van der Waals surface area contributed by atoms with Crippen LogP contribution in [0.1, 0.15) is 17.0 Å². The number of para-hydroxylation sites is 1. The molecule has 1 heterocycles. The second-order valence-corrected chi connectivity index (χ2v) is 8.15. The van der Waals surface area contributed by atoms with Crippen LogP contribution in [0.25, 0.3) is 10.9 Å². The van der Waals surface area contributed by atoms with Crippen molar-refractivity contribution in [3.05, 3.63) is 106 Å². The number of methoxy groups -OCH3 is 2. The first kappa shape index (κ1) is 21.7. The number of carbonyl (C=O) groups is 1. The average molecular weight is 491 g/mol. The number of aromatic nitrogens is 1. The zero-order valence-electron chi connectivity index (χ0n) is 17.8. The molecule has 1 atom stereocenters. The summed E-state index contributed by atoms with van der Waals surface area (Å²) in [6, 6.07) is 23.5. The molecule has 5 nitrogen and oxygen atoms in total. The summed E-state index contributed by atoms with van der Waals surface area (Å²) < 4.78 is 11.5. The third-order valence-electron chi connectivity index (χ3n) is 5.35. The predicted octanol–water partition coefficient (Wildman–Crippen LogP) is 6.24. The van der Waals surface area contributed by atoms with Crippen molar-refractivity contribution in [2.24, 2.45) is 0 Å². The summed E-state index contributed by atoms with van der Waals surface area (Å²) in [6.07, 6.45) is 3.68. The van der Waals surface area contributed by atoms with Gasteiger partial charge in [-0.1, -0.05) is 46.3 Å². The van der Waals surface area contributed by atoms with Gasteiger partial charge in [0, 0.05) is 39.4 Å². The van der Waals surface area contributed by atoms with Crippen molar-refractivity contribution in [1.82, 2.24) is 4.98 Å². The SMILES string of the molecule is COC(=O)/C(=C\Nc1ccc(Br)cc1)C(c1ccc(OC)cc1)c1c[nH]c2ccccc12. The van der Waals surface area contributed by atoms with Gasteiger partial charge >= 0.3 is 5.97 Å². The van der Waals surface area contributed by atoms with Crippen molar-refractivity contribution in [1.29, 1.82) is 0 Å². The van der Waals surface area contributed by atoms with E-state index in [4.69, 9.17) is 9.47 Å². The van der Waals surface area contributed by atoms with Crippen LogP contribution in [0.3, 0.4) is 0 Å². The van der Waals surface area contributed by atoms with E-state index in [0.29, 0.717) is 5.57 Å². The largest absolute Gasteiger partial charge is 0.497 e. The van der Waals surface area contributed by atoms with Crippen LogP contribution in [0.2, 0.25) is 0 Å². The summed E-state index contributed by atoms with van der Waals surface area (Å²) >= 11 is 3.44. The fraction of sp³-hybridized carbons (Fsp3) is 0.115. The van der Waals surface area contributed by atoms with E-state index < -0.39 is 5.97 Å². The van der Waals surface area contributed by atoms with Crippen molar-refractivity contribution in [3.63, 3.8) is 0 Å². The van der Waals surface area contributed by atoms with Crippen LogP contribution in [0.15, 0.2) is 95.2 Å². The van der Waals surface area contributed by atoms with Gasteiger partial charge < -0.3 is 19.8 Å². The molecule has 0 saturated heterocycles. The topological polar surface area (TPSA) is 63.4 Å². The number of aromatic amines is 1. The lowest BCUT2D eigenvalue weighted by Crippen LogP contribution is -2.16. The fourth-order valence-electron chi connectivity index (χ4n) is 3.74. The average Bonchev–Trinajstić information content (AvgIpc) is 3.26. The summed E-state index contributed by atoms with van der Waals surface area (Å²) in [6.45, 7) is 0. The van der Waals surface area contributed by atoms with Crippen molar-refractivity contribution < 1.29 is 14.3 Å². The van der Waals surface area contributed by atoms with Crippen LogP contribution in [0, 0.1) is 0 Å². The molecular formula is C26H23BrN2O3. The summed E-state index contributed by atoms with van der Waals surface area (Å²) in [5.41, 5.74) is 4.29. The van der Waals surface area contributed by atoms with E-state index in [0.717, 1.165) is 37.9 Å². The molecule has 0 spiro atoms. The van der Waals surface area contributed by atoms with E-state index in [1.807, 2.05) is 72.9 Å². The zero-order chi connectivity index (χ0) is 22.5. The highest BCUT2D eigenvalue weighted by atomic mass is 79.9. The lowest BCUT2D eigenvalue weighted by molar-refractivity contribution is -0.136. The van der Waals surface area contributed by atoms with Crippen LogP contribution in [0.4, 0.5) is 5.69 Å². The van der Waals surface area contributed by atoms with E-state index in [2.05, 4.69) is 32.3 Å². The number of rotatable bonds is 7. The Morgan fingerprint density at radius 1 is 1.00 bits per heavy atom. The quantitative estimate of drug-likeness (QED) is 0.237. The molecule has 32 heavy (non-hydrogen) atoms. The monoisotopic (exact) mass is 490 g/mol. The molecule has 0 amide bonds. The lowest BCUT2D eigenvalue weighted by Gasteiger charge is -2.20. The Morgan fingerprint density at radius 2 is 1.72 bits per heavy atom. The number of esters is 1. The highest BCUT2D eigenvalue weighted by Crippen LogP contribution is 2.37. The number of H-pyrrole nitrogens is 1. The molecule has 0 saturated carbocycles. The zero-order valence-corrected chi connectivity index (χ0v) is 19.3. The number of ether oxygens (including phenoxy) is 2. The molecule has 162 valence electrons. The Bertz CT molecular complexity index is 1240. The first-order valence-electron chi connectivity index (χ1n) is 10.1. The second kappa shape index (κ2) is 9.75.